The summed E-state index contributed by atoms with van der Waals surface area (Å²) in [5.74, 6) is 1.03. The van der Waals surface area contributed by atoms with Gasteiger partial charge in [-0.1, -0.05) is 70.4 Å². The van der Waals surface area contributed by atoms with E-state index >= 15 is 0 Å². The van der Waals surface area contributed by atoms with E-state index in [0.29, 0.717) is 19.6 Å². The molecular weight excluding hydrogens is 388 g/mol. The first-order valence-corrected chi connectivity index (χ1v) is 12.9. The van der Waals surface area contributed by atoms with Crippen LogP contribution < -0.4 is 0 Å². The third kappa shape index (κ3) is 16.0. The summed E-state index contributed by atoms with van der Waals surface area (Å²) in [6, 6.07) is 0. The van der Waals surface area contributed by atoms with Crippen molar-refractivity contribution in [2.45, 2.75) is 103 Å². The molecule has 5 heteroatoms. The van der Waals surface area contributed by atoms with E-state index in [0.717, 1.165) is 26.1 Å². The molecule has 0 bridgehead atoms. The van der Waals surface area contributed by atoms with Gasteiger partial charge in [-0.3, -0.25) is 9.79 Å². The molecule has 0 N–H and O–H groups in total. The number of nitrogens with zero attached hydrogens (tertiary/aromatic N) is 2. The number of hydrogen-bond acceptors (Lipinski definition) is 5. The molecule has 0 fully saturated rings. The summed E-state index contributed by atoms with van der Waals surface area (Å²) in [6.45, 7) is 6.12. The number of unbranched alkanes of at least 4 members (excludes halogenated alkanes) is 11. The summed E-state index contributed by atoms with van der Waals surface area (Å²) in [7, 11) is 1.41. The highest BCUT2D eigenvalue weighted by molar-refractivity contribution is 5.83. The molecule has 0 unspecified atom stereocenters. The van der Waals surface area contributed by atoms with E-state index in [1.807, 2.05) is 0 Å². The maximum absolute atomic E-state index is 11.1. The van der Waals surface area contributed by atoms with Crippen LogP contribution in [0.5, 0.6) is 0 Å². The molecule has 1 rings (SSSR count). The Balaban J connectivity index is 1.90. The van der Waals surface area contributed by atoms with Crippen LogP contribution in [-0.2, 0) is 14.3 Å². The van der Waals surface area contributed by atoms with E-state index in [2.05, 4.69) is 33.7 Å². The lowest BCUT2D eigenvalue weighted by molar-refractivity contribution is -0.141. The summed E-state index contributed by atoms with van der Waals surface area (Å²) in [6.07, 6.45) is 23.5. The first kappa shape index (κ1) is 27.7. The fourth-order valence-electron chi connectivity index (χ4n) is 3.90. The van der Waals surface area contributed by atoms with E-state index in [1.165, 1.54) is 96.4 Å². The van der Waals surface area contributed by atoms with Crippen LogP contribution in [0.15, 0.2) is 17.1 Å². The zero-order valence-electron chi connectivity index (χ0n) is 20.4. The van der Waals surface area contributed by atoms with Crippen molar-refractivity contribution in [2.75, 3.05) is 40.0 Å². The summed E-state index contributed by atoms with van der Waals surface area (Å²) in [5, 5.41) is 0. The lowest BCUT2D eigenvalue weighted by Crippen LogP contribution is -2.31. The van der Waals surface area contributed by atoms with Gasteiger partial charge in [-0.05, 0) is 32.1 Å². The summed E-state index contributed by atoms with van der Waals surface area (Å²) >= 11 is 0. The number of hydrogen-bond donors (Lipinski definition) is 0. The summed E-state index contributed by atoms with van der Waals surface area (Å²) in [5.41, 5.74) is 0. The zero-order valence-corrected chi connectivity index (χ0v) is 20.4. The van der Waals surface area contributed by atoms with Crippen molar-refractivity contribution >= 4 is 11.8 Å². The number of allylic oxidation sites excluding steroid dienone is 2. The third-order valence-corrected chi connectivity index (χ3v) is 5.88. The first-order valence-electron chi connectivity index (χ1n) is 12.9. The highest BCUT2D eigenvalue weighted by atomic mass is 16.5. The van der Waals surface area contributed by atoms with Crippen LogP contribution >= 0.6 is 0 Å². The second-order valence-electron chi connectivity index (χ2n) is 8.56. The Bertz CT molecular complexity index is 491. The van der Waals surface area contributed by atoms with Gasteiger partial charge >= 0.3 is 5.97 Å². The highest BCUT2D eigenvalue weighted by Crippen LogP contribution is 2.13. The first-order chi connectivity index (χ1) is 15.3. The zero-order chi connectivity index (χ0) is 22.4. The van der Waals surface area contributed by atoms with Crippen LogP contribution in [0.2, 0.25) is 0 Å². The van der Waals surface area contributed by atoms with E-state index in [9.17, 15) is 4.79 Å². The standard InChI is InChI=1S/C26H48N2O3/c1-3-4-5-6-7-8-9-10-11-12-13-14-15-16-17-18-25-27-20-21-28(25)22-24-31-23-19-26(29)30-2/h10-11H,3-9,12-24H2,1-2H3/b11-10+. The molecule has 0 spiro atoms. The molecule has 0 atom stereocenters. The summed E-state index contributed by atoms with van der Waals surface area (Å²) in [4.78, 5) is 18.1. The molecule has 1 heterocycles. The molecule has 1 aliphatic heterocycles. The van der Waals surface area contributed by atoms with Gasteiger partial charge in [0.15, 0.2) is 0 Å². The molecule has 180 valence electrons. The Morgan fingerprint density at radius 3 is 2.26 bits per heavy atom. The van der Waals surface area contributed by atoms with Crippen molar-refractivity contribution in [3.05, 3.63) is 12.2 Å². The van der Waals surface area contributed by atoms with Gasteiger partial charge in [-0.15, -0.1) is 0 Å². The maximum Gasteiger partial charge on any atom is 0.307 e. The molecule has 0 aliphatic carbocycles. The number of rotatable bonds is 21. The number of amidine groups is 1. The molecule has 0 aromatic carbocycles. The predicted octanol–water partition coefficient (Wildman–Crippen LogP) is 6.32. The van der Waals surface area contributed by atoms with Crippen molar-refractivity contribution in [2.24, 2.45) is 4.99 Å². The number of esters is 1. The van der Waals surface area contributed by atoms with Crippen molar-refractivity contribution in [1.82, 2.24) is 4.90 Å². The van der Waals surface area contributed by atoms with Crippen LogP contribution in [0.1, 0.15) is 103 Å². The van der Waals surface area contributed by atoms with Crippen LogP contribution in [0.3, 0.4) is 0 Å². The van der Waals surface area contributed by atoms with E-state index in [-0.39, 0.29) is 5.97 Å². The SMILES string of the molecule is CCCCCCCC/C=C/CCCCCCCC1=NCCN1CCOCCC(=O)OC. The van der Waals surface area contributed by atoms with Gasteiger partial charge in [0.1, 0.15) is 0 Å². The fraction of sp³-hybridized carbons (Fsp3) is 0.846. The van der Waals surface area contributed by atoms with Gasteiger partial charge in [0.2, 0.25) is 0 Å². The molecule has 0 aromatic rings. The molecule has 5 nitrogen and oxygen atoms in total. The Labute approximate surface area is 191 Å². The van der Waals surface area contributed by atoms with Crippen molar-refractivity contribution < 1.29 is 14.3 Å². The Kier molecular flexibility index (Phi) is 18.3. The van der Waals surface area contributed by atoms with Crippen molar-refractivity contribution in [1.29, 1.82) is 0 Å². The molecule has 31 heavy (non-hydrogen) atoms. The van der Waals surface area contributed by atoms with Gasteiger partial charge < -0.3 is 14.4 Å². The Hall–Kier alpha value is -1.36. The largest absolute Gasteiger partial charge is 0.469 e. The van der Waals surface area contributed by atoms with Crippen molar-refractivity contribution in [3.63, 3.8) is 0 Å². The van der Waals surface area contributed by atoms with Gasteiger partial charge in [-0.25, -0.2) is 0 Å². The third-order valence-electron chi connectivity index (χ3n) is 5.88. The van der Waals surface area contributed by atoms with Crippen molar-refractivity contribution in [3.8, 4) is 0 Å². The molecule has 1 aliphatic rings. The molecule has 0 radical (unpaired) electrons. The van der Waals surface area contributed by atoms with E-state index in [1.54, 1.807) is 0 Å². The second kappa shape index (κ2) is 20.5. The fourth-order valence-corrected chi connectivity index (χ4v) is 3.90. The van der Waals surface area contributed by atoms with Gasteiger partial charge in [0.05, 0.1) is 39.1 Å². The minimum atomic E-state index is -0.215. The quantitative estimate of drug-likeness (QED) is 0.120. The smallest absolute Gasteiger partial charge is 0.307 e. The Morgan fingerprint density at radius 1 is 0.935 bits per heavy atom. The minimum absolute atomic E-state index is 0.215. The van der Waals surface area contributed by atoms with Crippen LogP contribution in [0.4, 0.5) is 0 Å². The van der Waals surface area contributed by atoms with E-state index < -0.39 is 0 Å². The maximum atomic E-state index is 11.1. The number of carbonyl (C=O) groups excluding carboxylic acids is 1. The minimum Gasteiger partial charge on any atom is -0.469 e. The summed E-state index contributed by atoms with van der Waals surface area (Å²) < 4.78 is 10.2. The van der Waals surface area contributed by atoms with Crippen LogP contribution in [-0.4, -0.2) is 56.7 Å². The number of ether oxygens (including phenoxy) is 2. The predicted molar refractivity (Wildman–Crippen MR) is 131 cm³/mol. The molecule has 0 amide bonds. The van der Waals surface area contributed by atoms with Gasteiger partial charge in [0, 0.05) is 19.5 Å². The number of aliphatic imine (C=N–C) groups is 1. The van der Waals surface area contributed by atoms with Crippen LogP contribution in [0.25, 0.3) is 0 Å². The average Bonchev–Trinajstić information content (AvgIpc) is 3.23. The molecule has 0 aromatic heterocycles. The number of methoxy groups -OCH3 is 1. The average molecular weight is 437 g/mol. The lowest BCUT2D eigenvalue weighted by atomic mass is 10.1. The van der Waals surface area contributed by atoms with E-state index in [4.69, 9.17) is 4.74 Å². The molecular formula is C26H48N2O3. The monoisotopic (exact) mass is 436 g/mol. The van der Waals surface area contributed by atoms with Gasteiger partial charge in [0.25, 0.3) is 0 Å². The van der Waals surface area contributed by atoms with Crippen LogP contribution in [0, 0.1) is 0 Å². The topological polar surface area (TPSA) is 51.1 Å². The Morgan fingerprint density at radius 2 is 1.58 bits per heavy atom. The lowest BCUT2D eigenvalue weighted by Gasteiger charge is -2.20. The van der Waals surface area contributed by atoms with Gasteiger partial charge in [-0.2, -0.15) is 0 Å². The highest BCUT2D eigenvalue weighted by Gasteiger charge is 2.15. The number of carbonyl (C=O) groups is 1. The molecule has 0 saturated carbocycles. The second-order valence-corrected chi connectivity index (χ2v) is 8.56. The molecule has 0 saturated heterocycles. The normalized spacial score (nSPS) is 13.9.